The number of aromatic nitrogens is 4. The van der Waals surface area contributed by atoms with E-state index >= 15 is 4.39 Å². The van der Waals surface area contributed by atoms with E-state index in [9.17, 15) is 10.1 Å². The van der Waals surface area contributed by atoms with E-state index in [4.69, 9.17) is 9.72 Å². The zero-order valence-corrected chi connectivity index (χ0v) is 22.6. The molecule has 1 N–H and O–H groups in total. The van der Waals surface area contributed by atoms with Gasteiger partial charge in [0.05, 0.1) is 40.7 Å². The van der Waals surface area contributed by atoms with Gasteiger partial charge in [0.2, 0.25) is 0 Å². The van der Waals surface area contributed by atoms with E-state index in [1.807, 2.05) is 33.8 Å². The number of halogens is 1. The molecule has 0 radical (unpaired) electrons. The molecule has 0 amide bonds. The molecule has 39 heavy (non-hydrogen) atoms. The first kappa shape index (κ1) is 26.3. The van der Waals surface area contributed by atoms with E-state index in [-0.39, 0.29) is 40.2 Å². The van der Waals surface area contributed by atoms with Gasteiger partial charge in [0, 0.05) is 31.9 Å². The first-order valence-corrected chi connectivity index (χ1v) is 12.9. The van der Waals surface area contributed by atoms with Gasteiger partial charge in [0.1, 0.15) is 23.5 Å². The van der Waals surface area contributed by atoms with Crippen LogP contribution in [0.2, 0.25) is 0 Å². The van der Waals surface area contributed by atoms with E-state index in [0.29, 0.717) is 35.7 Å². The third-order valence-electron chi connectivity index (χ3n) is 7.10. The number of benzene rings is 1. The number of methoxy groups -OCH3 is 1. The second-order valence-electron chi connectivity index (χ2n) is 10.0. The van der Waals surface area contributed by atoms with Crippen molar-refractivity contribution in [3.63, 3.8) is 0 Å². The number of ether oxygens (including phenoxy) is 1. The van der Waals surface area contributed by atoms with E-state index in [1.165, 1.54) is 23.8 Å². The predicted octanol–water partition coefficient (Wildman–Crippen LogP) is 4.09. The molecule has 4 aromatic rings. The van der Waals surface area contributed by atoms with Crippen LogP contribution in [0.4, 0.5) is 10.2 Å². The van der Waals surface area contributed by atoms with Crippen LogP contribution in [0.15, 0.2) is 41.3 Å². The Morgan fingerprint density at radius 2 is 2.05 bits per heavy atom. The summed E-state index contributed by atoms with van der Waals surface area (Å²) in [6, 6.07) is 10.1. The molecule has 1 saturated heterocycles. The van der Waals surface area contributed by atoms with Crippen LogP contribution in [0, 0.1) is 24.1 Å². The Morgan fingerprint density at radius 1 is 1.26 bits per heavy atom. The average Bonchev–Trinajstić information content (AvgIpc) is 2.92. The summed E-state index contributed by atoms with van der Waals surface area (Å²) >= 11 is 0. The van der Waals surface area contributed by atoms with Gasteiger partial charge < -0.3 is 15.0 Å². The average molecular weight is 528 g/mol. The maximum Gasteiger partial charge on any atom is 0.355 e. The predicted molar refractivity (Wildman–Crippen MR) is 148 cm³/mol. The van der Waals surface area contributed by atoms with Gasteiger partial charge in [0.25, 0.3) is 0 Å². The minimum absolute atomic E-state index is 0.000712. The minimum atomic E-state index is -0.586. The lowest BCUT2D eigenvalue weighted by atomic mass is 10.0. The van der Waals surface area contributed by atoms with Crippen molar-refractivity contribution in [3.05, 3.63) is 69.7 Å². The quantitative estimate of drug-likeness (QED) is 0.413. The van der Waals surface area contributed by atoms with Crippen LogP contribution >= 0.6 is 0 Å². The Labute approximate surface area is 225 Å². The molecule has 1 unspecified atom stereocenters. The lowest BCUT2D eigenvalue weighted by Crippen LogP contribution is -2.50. The van der Waals surface area contributed by atoms with Crippen molar-refractivity contribution in [1.82, 2.24) is 24.8 Å². The van der Waals surface area contributed by atoms with Crippen LogP contribution < -0.4 is 20.6 Å². The number of fused-ring (bicyclic) bond motifs is 1. The first-order valence-electron chi connectivity index (χ1n) is 12.9. The molecule has 1 atom stereocenters. The molecule has 0 spiro atoms. The highest BCUT2D eigenvalue weighted by atomic mass is 19.1. The zero-order chi connectivity index (χ0) is 27.8. The van der Waals surface area contributed by atoms with Crippen molar-refractivity contribution in [2.24, 2.45) is 0 Å². The van der Waals surface area contributed by atoms with Crippen molar-refractivity contribution in [2.45, 2.75) is 39.7 Å². The van der Waals surface area contributed by atoms with Gasteiger partial charge in [-0.3, -0.25) is 4.98 Å². The number of nitrogens with zero attached hydrogens (tertiary/aromatic N) is 6. The third-order valence-corrected chi connectivity index (χ3v) is 7.10. The molecule has 1 fully saturated rings. The molecule has 1 aliphatic heterocycles. The van der Waals surface area contributed by atoms with Crippen molar-refractivity contribution >= 4 is 16.9 Å². The van der Waals surface area contributed by atoms with Gasteiger partial charge in [-0.05, 0) is 49.6 Å². The number of nitriles is 1. The Kier molecular flexibility index (Phi) is 7.02. The Balaban J connectivity index is 1.96. The summed E-state index contributed by atoms with van der Waals surface area (Å²) in [6.45, 7) is 10.0. The van der Waals surface area contributed by atoms with Gasteiger partial charge in [0.15, 0.2) is 5.65 Å². The lowest BCUT2D eigenvalue weighted by Gasteiger charge is -2.35. The summed E-state index contributed by atoms with van der Waals surface area (Å²) in [5.41, 5.74) is 2.15. The minimum Gasteiger partial charge on any atom is -0.496 e. The molecular weight excluding hydrogens is 497 g/mol. The molecule has 0 bridgehead atoms. The van der Waals surface area contributed by atoms with Crippen molar-refractivity contribution in [1.29, 1.82) is 5.26 Å². The zero-order valence-electron chi connectivity index (χ0n) is 22.6. The van der Waals surface area contributed by atoms with Gasteiger partial charge in [-0.2, -0.15) is 10.2 Å². The van der Waals surface area contributed by atoms with E-state index in [0.717, 1.165) is 12.1 Å². The normalized spacial score (nSPS) is 15.5. The fraction of sp³-hybridized carbons (Fsp3) is 0.345. The second-order valence-corrected chi connectivity index (χ2v) is 10.0. The van der Waals surface area contributed by atoms with Crippen molar-refractivity contribution < 1.29 is 9.13 Å². The molecule has 1 aliphatic rings. The molecule has 9 nitrogen and oxygen atoms in total. The molecule has 5 rings (SSSR count). The fourth-order valence-electron chi connectivity index (χ4n) is 5.17. The van der Waals surface area contributed by atoms with Crippen LogP contribution in [0.3, 0.4) is 0 Å². The number of anilines is 1. The number of aryl methyl sites for hydroxylation is 1. The fourth-order valence-corrected chi connectivity index (χ4v) is 5.17. The Bertz CT molecular complexity index is 1680. The van der Waals surface area contributed by atoms with Crippen LogP contribution in [0.5, 0.6) is 5.75 Å². The topological polar surface area (TPSA) is 109 Å². The third kappa shape index (κ3) is 4.49. The highest BCUT2D eigenvalue weighted by Gasteiger charge is 2.28. The van der Waals surface area contributed by atoms with Gasteiger partial charge in [-0.15, -0.1) is 0 Å². The summed E-state index contributed by atoms with van der Waals surface area (Å²) in [5.74, 6) is 0.0953. The smallest absolute Gasteiger partial charge is 0.355 e. The molecule has 4 heterocycles. The molecular formula is C29H30FN7O2. The van der Waals surface area contributed by atoms with E-state index in [2.05, 4.69) is 26.3 Å². The lowest BCUT2D eigenvalue weighted by molar-refractivity contribution is 0.413. The Hall–Kier alpha value is -4.36. The van der Waals surface area contributed by atoms with E-state index in [1.54, 1.807) is 18.3 Å². The SMILES string of the molecule is COc1cccc(F)c1-c1nc2c(cc1C#N)c(N1CCNCC1C)nc(=O)n2-c1c(C)ccnc1C(C)C. The monoisotopic (exact) mass is 527 g/mol. The number of piperazine rings is 1. The van der Waals surface area contributed by atoms with Crippen LogP contribution in [0.1, 0.15) is 43.5 Å². The van der Waals surface area contributed by atoms with Crippen molar-refractivity contribution in [3.8, 4) is 28.8 Å². The van der Waals surface area contributed by atoms with Gasteiger partial charge >= 0.3 is 5.69 Å². The molecule has 200 valence electrons. The first-order chi connectivity index (χ1) is 18.8. The molecule has 0 aliphatic carbocycles. The number of pyridine rings is 2. The summed E-state index contributed by atoms with van der Waals surface area (Å²) in [7, 11) is 1.43. The standard InChI is InChI=1S/C29H30FN7O2/c1-16(2)24-26(17(3)9-10-33-24)37-28-20(27(35-29(37)38)36-12-11-32-15-18(36)4)13-19(14-31)25(34-28)23-21(30)7-6-8-22(23)39-5/h6-10,13,16,18,32H,11-12,15H2,1-5H3. The highest BCUT2D eigenvalue weighted by molar-refractivity contribution is 5.93. The largest absolute Gasteiger partial charge is 0.496 e. The number of nitrogens with one attached hydrogen (secondary N) is 1. The maximum absolute atomic E-state index is 15.3. The highest BCUT2D eigenvalue weighted by Crippen LogP contribution is 2.37. The molecule has 10 heteroatoms. The van der Waals surface area contributed by atoms with Crippen molar-refractivity contribution in [2.75, 3.05) is 31.6 Å². The number of hydrogen-bond acceptors (Lipinski definition) is 8. The number of hydrogen-bond donors (Lipinski definition) is 1. The summed E-state index contributed by atoms with van der Waals surface area (Å²) in [6.07, 6.45) is 1.71. The summed E-state index contributed by atoms with van der Waals surface area (Å²) < 4.78 is 22.1. The van der Waals surface area contributed by atoms with Gasteiger partial charge in [-0.25, -0.2) is 18.7 Å². The maximum atomic E-state index is 15.3. The second kappa shape index (κ2) is 10.4. The Morgan fingerprint density at radius 3 is 2.74 bits per heavy atom. The van der Waals surface area contributed by atoms with Crippen LogP contribution in [-0.4, -0.2) is 52.3 Å². The van der Waals surface area contributed by atoms with Crippen LogP contribution in [0.25, 0.3) is 28.0 Å². The van der Waals surface area contributed by atoms with Crippen LogP contribution in [-0.2, 0) is 0 Å². The summed E-state index contributed by atoms with van der Waals surface area (Å²) in [5, 5.41) is 14.0. The van der Waals surface area contributed by atoms with Gasteiger partial charge in [-0.1, -0.05) is 19.9 Å². The van der Waals surface area contributed by atoms with E-state index < -0.39 is 11.5 Å². The molecule has 3 aromatic heterocycles. The molecule has 0 saturated carbocycles. The summed E-state index contributed by atoms with van der Waals surface area (Å²) in [4.78, 5) is 29.9. The number of rotatable bonds is 5. The molecule has 1 aromatic carbocycles.